The van der Waals surface area contributed by atoms with E-state index >= 15 is 0 Å². The number of H-pyrrole nitrogens is 1. The Balaban J connectivity index is 1.93. The molecule has 4 rings (SSSR count). The summed E-state index contributed by atoms with van der Waals surface area (Å²) in [5.74, 6) is 0.945. The summed E-state index contributed by atoms with van der Waals surface area (Å²) in [5.41, 5.74) is 5.97. The van der Waals surface area contributed by atoms with E-state index in [1.165, 1.54) is 5.56 Å². The van der Waals surface area contributed by atoms with Crippen LogP contribution in [0.1, 0.15) is 5.56 Å². The third-order valence-electron chi connectivity index (χ3n) is 4.29. The van der Waals surface area contributed by atoms with Crippen molar-refractivity contribution in [2.75, 3.05) is 0 Å². The van der Waals surface area contributed by atoms with Gasteiger partial charge in [0.2, 0.25) is 0 Å². The maximum atomic E-state index is 9.81. The van der Waals surface area contributed by atoms with Crippen molar-refractivity contribution < 1.29 is 5.11 Å². The molecule has 0 atom stereocenters. The maximum Gasteiger partial charge on any atom is 0.138 e. The van der Waals surface area contributed by atoms with Crippen molar-refractivity contribution in [3.05, 3.63) is 82.8 Å². The maximum absolute atomic E-state index is 9.81. The summed E-state index contributed by atoms with van der Waals surface area (Å²) in [7, 11) is 0. The van der Waals surface area contributed by atoms with Crippen molar-refractivity contribution in [1.82, 2.24) is 9.97 Å². The standard InChI is InChI=1S/C22H17BrN2O/c1-14-9-11-15(12-10-14)20-21(18-7-2-3-8-19(18)23)25-22(24-20)16-5-4-6-17(26)13-16/h2-13,26H,1H3,(H,24,25). The van der Waals surface area contributed by atoms with Crippen molar-refractivity contribution in [2.24, 2.45) is 0 Å². The normalized spacial score (nSPS) is 10.8. The van der Waals surface area contributed by atoms with Gasteiger partial charge in [-0.3, -0.25) is 0 Å². The number of nitrogens with zero attached hydrogens (tertiary/aromatic N) is 1. The molecule has 0 aliphatic heterocycles. The zero-order valence-electron chi connectivity index (χ0n) is 14.2. The van der Waals surface area contributed by atoms with Gasteiger partial charge in [0.15, 0.2) is 0 Å². The van der Waals surface area contributed by atoms with E-state index in [2.05, 4.69) is 58.2 Å². The number of phenolic OH excluding ortho intramolecular Hbond substituents is 1. The van der Waals surface area contributed by atoms with Gasteiger partial charge in [-0.15, -0.1) is 0 Å². The monoisotopic (exact) mass is 404 g/mol. The lowest BCUT2D eigenvalue weighted by atomic mass is 10.0. The van der Waals surface area contributed by atoms with Crippen LogP contribution in [0.15, 0.2) is 77.3 Å². The van der Waals surface area contributed by atoms with Crippen LogP contribution < -0.4 is 0 Å². The largest absolute Gasteiger partial charge is 0.508 e. The van der Waals surface area contributed by atoms with Crippen LogP contribution >= 0.6 is 15.9 Å². The van der Waals surface area contributed by atoms with Crippen molar-refractivity contribution in [3.63, 3.8) is 0 Å². The smallest absolute Gasteiger partial charge is 0.138 e. The van der Waals surface area contributed by atoms with Gasteiger partial charge in [0.25, 0.3) is 0 Å². The van der Waals surface area contributed by atoms with Crippen LogP contribution in [0.25, 0.3) is 33.9 Å². The van der Waals surface area contributed by atoms with Gasteiger partial charge < -0.3 is 10.1 Å². The molecule has 0 bridgehead atoms. The van der Waals surface area contributed by atoms with Crippen LogP contribution in [0.5, 0.6) is 5.75 Å². The molecule has 2 N–H and O–H groups in total. The second kappa shape index (κ2) is 6.81. The van der Waals surface area contributed by atoms with Gasteiger partial charge in [-0.1, -0.05) is 76.1 Å². The fraction of sp³-hybridized carbons (Fsp3) is 0.0455. The number of nitrogens with one attached hydrogen (secondary N) is 1. The van der Waals surface area contributed by atoms with E-state index in [1.54, 1.807) is 12.1 Å². The topological polar surface area (TPSA) is 48.9 Å². The lowest BCUT2D eigenvalue weighted by Crippen LogP contribution is -1.85. The van der Waals surface area contributed by atoms with Crippen LogP contribution in [0, 0.1) is 6.92 Å². The SMILES string of the molecule is Cc1ccc(-c2nc(-c3cccc(O)c3)[nH]c2-c2ccccc2Br)cc1. The molecule has 1 aromatic heterocycles. The number of aromatic nitrogens is 2. The van der Waals surface area contributed by atoms with Crippen molar-refractivity contribution in [3.8, 4) is 39.7 Å². The van der Waals surface area contributed by atoms with Gasteiger partial charge in [-0.2, -0.15) is 0 Å². The second-order valence-electron chi connectivity index (χ2n) is 6.21. The third-order valence-corrected chi connectivity index (χ3v) is 4.98. The van der Waals surface area contributed by atoms with Crippen LogP contribution in [-0.4, -0.2) is 15.1 Å². The lowest BCUT2D eigenvalue weighted by molar-refractivity contribution is 0.475. The van der Waals surface area contributed by atoms with E-state index < -0.39 is 0 Å². The summed E-state index contributed by atoms with van der Waals surface area (Å²) >= 11 is 3.64. The van der Waals surface area contributed by atoms with E-state index in [0.717, 1.165) is 38.4 Å². The quantitative estimate of drug-likeness (QED) is 0.427. The Kier molecular flexibility index (Phi) is 4.35. The number of aromatic amines is 1. The van der Waals surface area contributed by atoms with Crippen LogP contribution in [-0.2, 0) is 0 Å². The molecule has 26 heavy (non-hydrogen) atoms. The molecule has 0 amide bonds. The molecule has 3 aromatic carbocycles. The molecule has 3 nitrogen and oxygen atoms in total. The number of hydrogen-bond acceptors (Lipinski definition) is 2. The second-order valence-corrected chi connectivity index (χ2v) is 7.06. The Labute approximate surface area is 160 Å². The lowest BCUT2D eigenvalue weighted by Gasteiger charge is -2.05. The predicted octanol–water partition coefficient (Wildman–Crippen LogP) is 6.19. The molecule has 0 spiro atoms. The molecular formula is C22H17BrN2O. The van der Waals surface area contributed by atoms with Gasteiger partial charge in [-0.05, 0) is 25.1 Å². The number of aromatic hydroxyl groups is 1. The Hall–Kier alpha value is -2.85. The summed E-state index contributed by atoms with van der Waals surface area (Å²) in [4.78, 5) is 8.29. The number of rotatable bonds is 3. The molecule has 0 aliphatic carbocycles. The fourth-order valence-corrected chi connectivity index (χ4v) is 3.43. The number of imidazole rings is 1. The van der Waals surface area contributed by atoms with Crippen LogP contribution in [0.3, 0.4) is 0 Å². The third kappa shape index (κ3) is 3.16. The van der Waals surface area contributed by atoms with Gasteiger partial charge >= 0.3 is 0 Å². The van der Waals surface area contributed by atoms with Crippen molar-refractivity contribution in [1.29, 1.82) is 0 Å². The number of benzene rings is 3. The molecule has 0 saturated carbocycles. The number of aryl methyl sites for hydroxylation is 1. The van der Waals surface area contributed by atoms with Crippen molar-refractivity contribution >= 4 is 15.9 Å². The van der Waals surface area contributed by atoms with Gasteiger partial charge in [0.1, 0.15) is 11.6 Å². The Morgan fingerprint density at radius 2 is 1.65 bits per heavy atom. The van der Waals surface area contributed by atoms with Gasteiger partial charge in [0.05, 0.1) is 11.4 Å². The summed E-state index contributed by atoms with van der Waals surface area (Å²) < 4.78 is 1.000. The van der Waals surface area contributed by atoms with Crippen LogP contribution in [0.4, 0.5) is 0 Å². The highest BCUT2D eigenvalue weighted by molar-refractivity contribution is 9.10. The first-order valence-corrected chi connectivity index (χ1v) is 9.12. The highest BCUT2D eigenvalue weighted by Crippen LogP contribution is 2.36. The minimum Gasteiger partial charge on any atom is -0.508 e. The number of halogens is 1. The number of phenols is 1. The average Bonchev–Trinajstić information content (AvgIpc) is 3.08. The molecule has 1 heterocycles. The first-order chi connectivity index (χ1) is 12.6. The van der Waals surface area contributed by atoms with E-state index in [4.69, 9.17) is 4.98 Å². The minimum atomic E-state index is 0.221. The molecular weight excluding hydrogens is 388 g/mol. The molecule has 0 aliphatic rings. The average molecular weight is 405 g/mol. The highest BCUT2D eigenvalue weighted by Gasteiger charge is 2.17. The van der Waals surface area contributed by atoms with E-state index in [0.29, 0.717) is 0 Å². The zero-order valence-corrected chi connectivity index (χ0v) is 15.8. The van der Waals surface area contributed by atoms with E-state index in [9.17, 15) is 5.11 Å². The van der Waals surface area contributed by atoms with Crippen molar-refractivity contribution in [2.45, 2.75) is 6.92 Å². The Morgan fingerprint density at radius 1 is 0.885 bits per heavy atom. The molecule has 0 saturated heterocycles. The van der Waals surface area contributed by atoms with E-state index in [-0.39, 0.29) is 5.75 Å². The molecule has 4 heteroatoms. The molecule has 128 valence electrons. The predicted molar refractivity (Wildman–Crippen MR) is 109 cm³/mol. The summed E-state index contributed by atoms with van der Waals surface area (Å²) in [6, 6.07) is 23.5. The van der Waals surface area contributed by atoms with Gasteiger partial charge in [-0.25, -0.2) is 4.98 Å². The first-order valence-electron chi connectivity index (χ1n) is 8.33. The number of hydrogen-bond donors (Lipinski definition) is 2. The summed E-state index contributed by atoms with van der Waals surface area (Å²) in [6.45, 7) is 2.07. The molecule has 0 fully saturated rings. The van der Waals surface area contributed by atoms with Crippen LogP contribution in [0.2, 0.25) is 0 Å². The molecule has 0 radical (unpaired) electrons. The Bertz CT molecular complexity index is 1070. The summed E-state index contributed by atoms with van der Waals surface area (Å²) in [5, 5.41) is 9.81. The molecule has 0 unspecified atom stereocenters. The fourth-order valence-electron chi connectivity index (χ4n) is 2.94. The summed E-state index contributed by atoms with van der Waals surface area (Å²) in [6.07, 6.45) is 0. The van der Waals surface area contributed by atoms with E-state index in [1.807, 2.05) is 30.3 Å². The van der Waals surface area contributed by atoms with Gasteiger partial charge in [0, 0.05) is 21.2 Å². The first kappa shape index (κ1) is 16.6. The highest BCUT2D eigenvalue weighted by atomic mass is 79.9. The molecule has 4 aromatic rings. The Morgan fingerprint density at radius 3 is 2.38 bits per heavy atom. The minimum absolute atomic E-state index is 0.221. The zero-order chi connectivity index (χ0) is 18.1.